The Kier molecular flexibility index (Phi) is 6.26. The van der Waals surface area contributed by atoms with Gasteiger partial charge in [0.05, 0.1) is 0 Å². The normalized spacial score (nSPS) is 10.4. The van der Waals surface area contributed by atoms with Crippen LogP contribution in [-0.4, -0.2) is 12.5 Å². The van der Waals surface area contributed by atoms with Crippen molar-refractivity contribution in [1.82, 2.24) is 0 Å². The van der Waals surface area contributed by atoms with Crippen LogP contribution in [0.5, 0.6) is 0 Å². The van der Waals surface area contributed by atoms with Crippen LogP contribution in [0.1, 0.15) is 40.0 Å². The summed E-state index contributed by atoms with van der Waals surface area (Å²) < 4.78 is 0. The zero-order chi connectivity index (χ0) is 13.4. The molecule has 0 saturated heterocycles. The van der Waals surface area contributed by atoms with Gasteiger partial charge in [0, 0.05) is 23.8 Å². The summed E-state index contributed by atoms with van der Waals surface area (Å²) in [5.41, 5.74) is 1.96. The fourth-order valence-electron chi connectivity index (χ4n) is 1.84. The number of nitrogens with one attached hydrogen (secondary N) is 2. The Bertz CT molecular complexity index is 355. The lowest BCUT2D eigenvalue weighted by Gasteiger charge is -2.13. The maximum Gasteiger partial charge on any atom is 0.227 e. The number of hydrogen-bond donors (Lipinski definition) is 2. The monoisotopic (exact) mass is 248 g/mol. The summed E-state index contributed by atoms with van der Waals surface area (Å²) in [7, 11) is 0. The standard InChI is InChI=1S/C15H24N2O/c1-4-11-16-13-7-9-14(10-8-13)17-15(18)12(5-2)6-3/h7-10,12,16H,4-6,11H2,1-3H3,(H,17,18). The molecule has 0 spiro atoms. The van der Waals surface area contributed by atoms with Gasteiger partial charge < -0.3 is 10.6 Å². The molecule has 3 nitrogen and oxygen atoms in total. The molecule has 100 valence electrons. The van der Waals surface area contributed by atoms with Gasteiger partial charge in [0.25, 0.3) is 0 Å². The Balaban J connectivity index is 2.55. The molecule has 1 aromatic carbocycles. The molecular weight excluding hydrogens is 224 g/mol. The van der Waals surface area contributed by atoms with Gasteiger partial charge in [0.1, 0.15) is 0 Å². The summed E-state index contributed by atoms with van der Waals surface area (Å²) in [5.74, 6) is 0.233. The van der Waals surface area contributed by atoms with Crippen molar-refractivity contribution in [2.45, 2.75) is 40.0 Å². The van der Waals surface area contributed by atoms with E-state index in [1.54, 1.807) is 0 Å². The van der Waals surface area contributed by atoms with Gasteiger partial charge in [0.2, 0.25) is 5.91 Å². The second-order valence-electron chi connectivity index (χ2n) is 4.51. The van der Waals surface area contributed by atoms with Gasteiger partial charge >= 0.3 is 0 Å². The van der Waals surface area contributed by atoms with Crippen LogP contribution < -0.4 is 10.6 Å². The van der Waals surface area contributed by atoms with Crippen molar-refractivity contribution in [3.8, 4) is 0 Å². The SMILES string of the molecule is CCCNc1ccc(NC(=O)C(CC)CC)cc1. The second kappa shape index (κ2) is 7.75. The molecule has 0 bridgehead atoms. The summed E-state index contributed by atoms with van der Waals surface area (Å²) in [5, 5.41) is 6.27. The Labute approximate surface area is 110 Å². The summed E-state index contributed by atoms with van der Waals surface area (Å²) in [6.07, 6.45) is 2.88. The quantitative estimate of drug-likeness (QED) is 0.768. The molecule has 0 atom stereocenters. The van der Waals surface area contributed by atoms with E-state index in [0.29, 0.717) is 0 Å². The van der Waals surface area contributed by atoms with E-state index in [4.69, 9.17) is 0 Å². The number of rotatable bonds is 7. The first-order valence-electron chi connectivity index (χ1n) is 6.86. The summed E-state index contributed by atoms with van der Waals surface area (Å²) in [6.45, 7) is 7.20. The fourth-order valence-corrected chi connectivity index (χ4v) is 1.84. The van der Waals surface area contributed by atoms with Crippen molar-refractivity contribution in [2.75, 3.05) is 17.2 Å². The van der Waals surface area contributed by atoms with Crippen LogP contribution in [-0.2, 0) is 4.79 Å². The van der Waals surface area contributed by atoms with Gasteiger partial charge in [-0.3, -0.25) is 4.79 Å². The molecule has 0 fully saturated rings. The van der Waals surface area contributed by atoms with Crippen molar-refractivity contribution >= 4 is 17.3 Å². The zero-order valence-corrected chi connectivity index (χ0v) is 11.6. The first-order valence-corrected chi connectivity index (χ1v) is 6.86. The highest BCUT2D eigenvalue weighted by atomic mass is 16.1. The largest absolute Gasteiger partial charge is 0.385 e. The van der Waals surface area contributed by atoms with Gasteiger partial charge in [-0.2, -0.15) is 0 Å². The minimum atomic E-state index is 0.114. The minimum Gasteiger partial charge on any atom is -0.385 e. The van der Waals surface area contributed by atoms with E-state index in [1.807, 2.05) is 38.1 Å². The average Bonchev–Trinajstić information content (AvgIpc) is 2.39. The fraction of sp³-hybridized carbons (Fsp3) is 0.533. The Morgan fingerprint density at radius 1 is 1.06 bits per heavy atom. The molecule has 2 N–H and O–H groups in total. The number of carbonyl (C=O) groups excluding carboxylic acids is 1. The first kappa shape index (κ1) is 14.6. The highest BCUT2D eigenvalue weighted by molar-refractivity contribution is 5.92. The predicted molar refractivity (Wildman–Crippen MR) is 77.9 cm³/mol. The Hall–Kier alpha value is -1.51. The van der Waals surface area contributed by atoms with Crippen LogP contribution >= 0.6 is 0 Å². The minimum absolute atomic E-state index is 0.114. The highest BCUT2D eigenvalue weighted by Gasteiger charge is 2.13. The van der Waals surface area contributed by atoms with Gasteiger partial charge in [-0.1, -0.05) is 20.8 Å². The van der Waals surface area contributed by atoms with Crippen molar-refractivity contribution < 1.29 is 4.79 Å². The maximum atomic E-state index is 11.9. The molecule has 0 heterocycles. The lowest BCUT2D eigenvalue weighted by Crippen LogP contribution is -2.21. The summed E-state index contributed by atoms with van der Waals surface area (Å²) in [6, 6.07) is 7.88. The van der Waals surface area contributed by atoms with Crippen molar-refractivity contribution in [2.24, 2.45) is 5.92 Å². The molecule has 1 amide bonds. The molecule has 0 aromatic heterocycles. The Morgan fingerprint density at radius 2 is 1.61 bits per heavy atom. The third-order valence-corrected chi connectivity index (χ3v) is 3.09. The van der Waals surface area contributed by atoms with Crippen LogP contribution in [0, 0.1) is 5.92 Å². The van der Waals surface area contributed by atoms with Gasteiger partial charge in [-0.15, -0.1) is 0 Å². The number of hydrogen-bond acceptors (Lipinski definition) is 2. The van der Waals surface area contributed by atoms with E-state index in [0.717, 1.165) is 37.2 Å². The van der Waals surface area contributed by atoms with E-state index in [2.05, 4.69) is 17.6 Å². The molecule has 0 aliphatic carbocycles. The summed E-state index contributed by atoms with van der Waals surface area (Å²) in [4.78, 5) is 11.9. The molecule has 0 aliphatic heterocycles. The van der Waals surface area contributed by atoms with Crippen molar-refractivity contribution in [3.05, 3.63) is 24.3 Å². The van der Waals surface area contributed by atoms with E-state index >= 15 is 0 Å². The van der Waals surface area contributed by atoms with Gasteiger partial charge in [0.15, 0.2) is 0 Å². The molecule has 0 aliphatic rings. The van der Waals surface area contributed by atoms with E-state index in [9.17, 15) is 4.79 Å². The van der Waals surface area contributed by atoms with Crippen LogP contribution in [0.15, 0.2) is 24.3 Å². The number of amides is 1. The van der Waals surface area contributed by atoms with Gasteiger partial charge in [-0.25, -0.2) is 0 Å². The number of anilines is 2. The first-order chi connectivity index (χ1) is 8.71. The van der Waals surface area contributed by atoms with Crippen molar-refractivity contribution in [3.63, 3.8) is 0 Å². The third kappa shape index (κ3) is 4.40. The molecule has 1 aromatic rings. The van der Waals surface area contributed by atoms with Crippen molar-refractivity contribution in [1.29, 1.82) is 0 Å². The van der Waals surface area contributed by atoms with Crippen LogP contribution in [0.3, 0.4) is 0 Å². The zero-order valence-electron chi connectivity index (χ0n) is 11.6. The van der Waals surface area contributed by atoms with Gasteiger partial charge in [-0.05, 0) is 43.5 Å². The second-order valence-corrected chi connectivity index (χ2v) is 4.51. The molecule has 0 radical (unpaired) electrons. The van der Waals surface area contributed by atoms with E-state index < -0.39 is 0 Å². The molecular formula is C15H24N2O. The van der Waals surface area contributed by atoms with Crippen LogP contribution in [0.2, 0.25) is 0 Å². The Morgan fingerprint density at radius 3 is 2.11 bits per heavy atom. The molecule has 3 heteroatoms. The number of benzene rings is 1. The maximum absolute atomic E-state index is 11.9. The van der Waals surface area contributed by atoms with E-state index in [-0.39, 0.29) is 11.8 Å². The molecule has 18 heavy (non-hydrogen) atoms. The topological polar surface area (TPSA) is 41.1 Å². The average molecular weight is 248 g/mol. The molecule has 1 rings (SSSR count). The van der Waals surface area contributed by atoms with E-state index in [1.165, 1.54) is 0 Å². The summed E-state index contributed by atoms with van der Waals surface area (Å²) >= 11 is 0. The smallest absolute Gasteiger partial charge is 0.227 e. The predicted octanol–water partition coefficient (Wildman–Crippen LogP) is 3.88. The molecule has 0 saturated carbocycles. The highest BCUT2D eigenvalue weighted by Crippen LogP contribution is 2.16. The lowest BCUT2D eigenvalue weighted by atomic mass is 10.0. The number of carbonyl (C=O) groups is 1. The third-order valence-electron chi connectivity index (χ3n) is 3.09. The van der Waals surface area contributed by atoms with Crippen LogP contribution in [0.25, 0.3) is 0 Å². The van der Waals surface area contributed by atoms with Crippen LogP contribution in [0.4, 0.5) is 11.4 Å². The lowest BCUT2D eigenvalue weighted by molar-refractivity contribution is -0.120. The molecule has 0 unspecified atom stereocenters.